The van der Waals surface area contributed by atoms with Crippen molar-refractivity contribution in [2.24, 2.45) is 10.9 Å². The predicted octanol–water partition coefficient (Wildman–Crippen LogP) is 3.72. The van der Waals surface area contributed by atoms with Gasteiger partial charge in [0.1, 0.15) is 17.1 Å². The maximum atomic E-state index is 13.2. The quantitative estimate of drug-likeness (QED) is 0.630. The van der Waals surface area contributed by atoms with Gasteiger partial charge in [-0.2, -0.15) is 5.26 Å². The van der Waals surface area contributed by atoms with Gasteiger partial charge in [-0.3, -0.25) is 9.20 Å². The van der Waals surface area contributed by atoms with Crippen LogP contribution in [0.1, 0.15) is 64.8 Å². The molecule has 0 amide bonds. The highest BCUT2D eigenvalue weighted by molar-refractivity contribution is 8.04. The second kappa shape index (κ2) is 7.14. The van der Waals surface area contributed by atoms with Crippen LogP contribution in [0.5, 0.6) is 0 Å². The SMILES string of the molecule is C[C@H](/N=C(\CCC1CC1)c1cccc(C#N)n1)[SH](C)(=O)C(C)(C)C. The average Bonchev–Trinajstić information content (AvgIpc) is 3.34. The summed E-state index contributed by atoms with van der Waals surface area (Å²) in [4.78, 5) is 9.25. The molecular formula is C19H29N3OS. The Bertz CT molecular complexity index is 708. The molecule has 1 heterocycles. The first-order valence-corrected chi connectivity index (χ1v) is 10.9. The van der Waals surface area contributed by atoms with E-state index in [1.54, 1.807) is 6.07 Å². The Morgan fingerprint density at radius 2 is 2.12 bits per heavy atom. The first-order valence-electron chi connectivity index (χ1n) is 8.66. The van der Waals surface area contributed by atoms with Crippen LogP contribution in [0.25, 0.3) is 0 Å². The zero-order valence-corrected chi connectivity index (χ0v) is 16.3. The van der Waals surface area contributed by atoms with Crippen LogP contribution >= 0.6 is 0 Å². The van der Waals surface area contributed by atoms with Gasteiger partial charge in [-0.25, -0.2) is 4.98 Å². The predicted molar refractivity (Wildman–Crippen MR) is 102 cm³/mol. The first kappa shape index (κ1) is 18.8. The van der Waals surface area contributed by atoms with Gasteiger partial charge in [0.15, 0.2) is 0 Å². The third-order valence-corrected chi connectivity index (χ3v) is 9.24. The molecule has 1 aliphatic rings. The molecule has 24 heavy (non-hydrogen) atoms. The Morgan fingerprint density at radius 3 is 2.67 bits per heavy atom. The molecule has 5 heteroatoms. The first-order chi connectivity index (χ1) is 11.1. The third-order valence-electron chi connectivity index (χ3n) is 5.03. The van der Waals surface area contributed by atoms with Gasteiger partial charge < -0.3 is 0 Å². The van der Waals surface area contributed by atoms with Gasteiger partial charge in [-0.05, 0) is 44.1 Å². The smallest absolute Gasteiger partial charge is 0.141 e. The zero-order chi connectivity index (χ0) is 18.0. The molecule has 2 rings (SSSR count). The Labute approximate surface area is 146 Å². The molecule has 1 aromatic heterocycles. The molecule has 0 N–H and O–H groups in total. The van der Waals surface area contributed by atoms with Crippen LogP contribution in [0, 0.1) is 17.2 Å². The van der Waals surface area contributed by atoms with Crippen molar-refractivity contribution in [3.8, 4) is 6.07 Å². The Morgan fingerprint density at radius 1 is 1.46 bits per heavy atom. The van der Waals surface area contributed by atoms with Crippen molar-refractivity contribution in [1.29, 1.82) is 5.26 Å². The van der Waals surface area contributed by atoms with Gasteiger partial charge in [-0.15, -0.1) is 0 Å². The van der Waals surface area contributed by atoms with Crippen LogP contribution in [0.15, 0.2) is 23.2 Å². The topological polar surface area (TPSA) is 66.1 Å². The van der Waals surface area contributed by atoms with Gasteiger partial charge in [0.05, 0.1) is 11.4 Å². The second-order valence-electron chi connectivity index (χ2n) is 7.87. The van der Waals surface area contributed by atoms with E-state index in [-0.39, 0.29) is 10.1 Å². The molecular weight excluding hydrogens is 318 g/mol. The number of rotatable bonds is 6. The van der Waals surface area contributed by atoms with Crippen molar-refractivity contribution in [2.45, 2.75) is 63.5 Å². The van der Waals surface area contributed by atoms with Crippen LogP contribution < -0.4 is 0 Å². The Kier molecular flexibility index (Phi) is 5.59. The minimum Gasteiger partial charge on any atom is -0.283 e. The fourth-order valence-electron chi connectivity index (χ4n) is 2.56. The lowest BCUT2D eigenvalue weighted by atomic mass is 10.1. The van der Waals surface area contributed by atoms with E-state index in [1.165, 1.54) is 12.8 Å². The fourth-order valence-corrected chi connectivity index (χ4v) is 4.04. The summed E-state index contributed by atoms with van der Waals surface area (Å²) >= 11 is 0. The maximum absolute atomic E-state index is 13.2. The van der Waals surface area contributed by atoms with E-state index in [0.29, 0.717) is 5.69 Å². The molecule has 0 unspecified atom stereocenters. The molecule has 1 fully saturated rings. The summed E-state index contributed by atoms with van der Waals surface area (Å²) in [5, 5.41) is 8.84. The van der Waals surface area contributed by atoms with E-state index in [2.05, 4.69) is 11.1 Å². The number of hydrogen-bond donors (Lipinski definition) is 1. The number of pyridine rings is 1. The standard InChI is InChI=1S/C19H29N3OS/c1-14(24(5,23)19(2,3)4)21-18(12-11-15-9-10-15)17-8-6-7-16(13-20)22-17/h6-8,14-15,24H,9-12H2,1-5H3/b21-18+/t14-/m1/s1. The molecule has 0 aliphatic heterocycles. The normalized spacial score (nSPS) is 18.1. The highest BCUT2D eigenvalue weighted by atomic mass is 32.2. The monoisotopic (exact) mass is 347 g/mol. The molecule has 0 saturated heterocycles. The molecule has 132 valence electrons. The van der Waals surface area contributed by atoms with Crippen molar-refractivity contribution in [3.63, 3.8) is 0 Å². The second-order valence-corrected chi connectivity index (χ2v) is 11.9. The molecule has 1 aliphatic carbocycles. The van der Waals surface area contributed by atoms with Crippen molar-refractivity contribution in [1.82, 2.24) is 4.98 Å². The van der Waals surface area contributed by atoms with Gasteiger partial charge >= 0.3 is 0 Å². The molecule has 0 spiro atoms. The van der Waals surface area contributed by atoms with E-state index in [0.717, 1.165) is 30.2 Å². The largest absolute Gasteiger partial charge is 0.283 e. The summed E-state index contributed by atoms with van der Waals surface area (Å²) in [6, 6.07) is 7.53. The molecule has 4 nitrogen and oxygen atoms in total. The Balaban J connectivity index is 2.33. The van der Waals surface area contributed by atoms with Crippen LogP contribution in [0.3, 0.4) is 0 Å². The van der Waals surface area contributed by atoms with Gasteiger partial charge in [0, 0.05) is 4.75 Å². The molecule has 1 aromatic rings. The average molecular weight is 348 g/mol. The van der Waals surface area contributed by atoms with Gasteiger partial charge in [0.2, 0.25) is 0 Å². The summed E-state index contributed by atoms with van der Waals surface area (Å²) in [5.41, 5.74) is 2.03. The molecule has 0 radical (unpaired) electrons. The number of aromatic nitrogens is 1. The van der Waals surface area contributed by atoms with E-state index < -0.39 is 9.93 Å². The third kappa shape index (κ3) is 4.51. The number of hydrogen-bond acceptors (Lipinski definition) is 4. The molecule has 1 atom stereocenters. The summed E-state index contributed by atoms with van der Waals surface area (Å²) < 4.78 is 12.9. The van der Waals surface area contributed by atoms with Gasteiger partial charge in [0.25, 0.3) is 0 Å². The zero-order valence-electron chi connectivity index (χ0n) is 15.4. The number of nitrogens with zero attached hydrogens (tertiary/aromatic N) is 3. The molecule has 0 aromatic carbocycles. The fraction of sp³-hybridized carbons (Fsp3) is 0.632. The summed E-state index contributed by atoms with van der Waals surface area (Å²) in [5.74, 6) is 0.792. The van der Waals surface area contributed by atoms with E-state index in [4.69, 9.17) is 10.3 Å². The number of nitriles is 1. The summed E-state index contributed by atoms with van der Waals surface area (Å²) in [7, 11) is -2.47. The minimum absolute atomic E-state index is 0.251. The highest BCUT2D eigenvalue weighted by Crippen LogP contribution is 2.34. The van der Waals surface area contributed by atoms with E-state index in [1.807, 2.05) is 46.1 Å². The van der Waals surface area contributed by atoms with Crippen molar-refractivity contribution in [3.05, 3.63) is 29.6 Å². The van der Waals surface area contributed by atoms with Crippen molar-refractivity contribution in [2.75, 3.05) is 6.26 Å². The lowest BCUT2D eigenvalue weighted by Crippen LogP contribution is -2.41. The van der Waals surface area contributed by atoms with Crippen LogP contribution in [0.4, 0.5) is 0 Å². The number of thiol groups is 1. The van der Waals surface area contributed by atoms with Crippen molar-refractivity contribution < 1.29 is 4.21 Å². The summed E-state index contributed by atoms with van der Waals surface area (Å²) in [6.07, 6.45) is 6.36. The lowest BCUT2D eigenvalue weighted by molar-refractivity contribution is 0.625. The van der Waals surface area contributed by atoms with Crippen molar-refractivity contribution >= 4 is 15.6 Å². The lowest BCUT2D eigenvalue weighted by Gasteiger charge is -2.36. The van der Waals surface area contributed by atoms with Crippen LogP contribution in [0.2, 0.25) is 0 Å². The molecule has 1 saturated carbocycles. The maximum Gasteiger partial charge on any atom is 0.141 e. The van der Waals surface area contributed by atoms with E-state index >= 15 is 0 Å². The van der Waals surface area contributed by atoms with Gasteiger partial charge in [-0.1, -0.05) is 49.6 Å². The highest BCUT2D eigenvalue weighted by Gasteiger charge is 2.32. The van der Waals surface area contributed by atoms with Crippen LogP contribution in [-0.2, 0) is 9.93 Å². The van der Waals surface area contributed by atoms with E-state index in [9.17, 15) is 4.21 Å². The Hall–Kier alpha value is -1.54. The molecule has 0 bridgehead atoms. The minimum atomic E-state index is -2.47. The summed E-state index contributed by atoms with van der Waals surface area (Å²) in [6.45, 7) is 7.98. The number of aliphatic imine (C=N–C) groups is 1. The van der Waals surface area contributed by atoms with Crippen LogP contribution in [-0.4, -0.2) is 31.3 Å².